The van der Waals surface area contributed by atoms with Gasteiger partial charge in [-0.05, 0) is 19.1 Å². The van der Waals surface area contributed by atoms with E-state index in [1.807, 2.05) is 12.1 Å². The van der Waals surface area contributed by atoms with Gasteiger partial charge in [-0.3, -0.25) is 9.78 Å². The molecule has 0 unspecified atom stereocenters. The van der Waals surface area contributed by atoms with Gasteiger partial charge in [-0.25, -0.2) is 9.37 Å². The van der Waals surface area contributed by atoms with E-state index in [9.17, 15) is 9.18 Å². The van der Waals surface area contributed by atoms with Crippen molar-refractivity contribution in [1.29, 1.82) is 0 Å². The van der Waals surface area contributed by atoms with E-state index in [1.165, 1.54) is 16.2 Å². The molecule has 1 amide bonds. The van der Waals surface area contributed by atoms with E-state index in [4.69, 9.17) is 0 Å². The molecule has 0 atom stereocenters. The van der Waals surface area contributed by atoms with Crippen LogP contribution in [0.5, 0.6) is 0 Å². The van der Waals surface area contributed by atoms with E-state index >= 15 is 0 Å². The zero-order valence-corrected chi connectivity index (χ0v) is 11.6. The molecule has 0 radical (unpaired) electrons. The summed E-state index contributed by atoms with van der Waals surface area (Å²) in [6.45, 7) is 1.33. The van der Waals surface area contributed by atoms with E-state index in [0.717, 1.165) is 10.6 Å². The SMILES string of the molecule is Cc1nc(-c2cccnc2)sc1C(=O)N(C)CCF. The van der Waals surface area contributed by atoms with E-state index in [2.05, 4.69) is 9.97 Å². The Hall–Kier alpha value is -1.82. The number of alkyl halides is 1. The molecule has 0 spiro atoms. The quantitative estimate of drug-likeness (QED) is 0.864. The van der Waals surface area contributed by atoms with Crippen LogP contribution in [-0.4, -0.2) is 41.0 Å². The second-order valence-electron chi connectivity index (χ2n) is 4.09. The molecule has 0 saturated heterocycles. The maximum absolute atomic E-state index is 12.3. The Labute approximate surface area is 114 Å². The third kappa shape index (κ3) is 2.96. The van der Waals surface area contributed by atoms with Gasteiger partial charge in [0.1, 0.15) is 16.6 Å². The summed E-state index contributed by atoms with van der Waals surface area (Å²) in [6, 6.07) is 3.72. The van der Waals surface area contributed by atoms with Crippen LogP contribution in [0.2, 0.25) is 0 Å². The van der Waals surface area contributed by atoms with Gasteiger partial charge in [0.25, 0.3) is 5.91 Å². The number of aromatic nitrogens is 2. The predicted octanol–water partition coefficient (Wildman–Crippen LogP) is 2.56. The van der Waals surface area contributed by atoms with Crippen molar-refractivity contribution < 1.29 is 9.18 Å². The van der Waals surface area contributed by atoms with Crippen molar-refractivity contribution in [2.45, 2.75) is 6.92 Å². The fourth-order valence-corrected chi connectivity index (χ4v) is 2.66. The van der Waals surface area contributed by atoms with Crippen molar-refractivity contribution in [3.05, 3.63) is 35.1 Å². The number of aryl methyl sites for hydroxylation is 1. The topological polar surface area (TPSA) is 46.1 Å². The van der Waals surface area contributed by atoms with Gasteiger partial charge in [0.05, 0.1) is 5.69 Å². The molecular formula is C13H14FN3OS. The highest BCUT2D eigenvalue weighted by atomic mass is 32.1. The zero-order valence-electron chi connectivity index (χ0n) is 10.8. The Morgan fingerprint density at radius 1 is 1.53 bits per heavy atom. The summed E-state index contributed by atoms with van der Waals surface area (Å²) in [7, 11) is 1.59. The minimum absolute atomic E-state index is 0.0956. The average Bonchev–Trinajstić information content (AvgIpc) is 2.81. The molecule has 0 aromatic carbocycles. The molecule has 2 aromatic rings. The van der Waals surface area contributed by atoms with Gasteiger partial charge in [-0.15, -0.1) is 11.3 Å². The summed E-state index contributed by atoms with van der Waals surface area (Å²) in [6.07, 6.45) is 3.39. The predicted molar refractivity (Wildman–Crippen MR) is 73.0 cm³/mol. The summed E-state index contributed by atoms with van der Waals surface area (Å²) in [5.41, 5.74) is 1.54. The summed E-state index contributed by atoms with van der Waals surface area (Å²) in [5, 5.41) is 0.752. The number of rotatable bonds is 4. The number of thiazole rings is 1. The summed E-state index contributed by atoms with van der Waals surface area (Å²) < 4.78 is 12.3. The first-order valence-corrected chi connectivity index (χ1v) is 6.64. The molecule has 0 aliphatic heterocycles. The fraction of sp³-hybridized carbons (Fsp3) is 0.308. The van der Waals surface area contributed by atoms with Gasteiger partial charge >= 0.3 is 0 Å². The number of hydrogen-bond acceptors (Lipinski definition) is 4. The van der Waals surface area contributed by atoms with Gasteiger partial charge in [0, 0.05) is 31.5 Å². The number of carbonyl (C=O) groups is 1. The third-order valence-corrected chi connectivity index (χ3v) is 3.86. The largest absolute Gasteiger partial charge is 0.338 e. The molecule has 4 nitrogen and oxygen atoms in total. The standard InChI is InChI=1S/C13H14FN3OS/c1-9-11(13(18)17(2)7-5-14)19-12(16-9)10-4-3-6-15-8-10/h3-4,6,8H,5,7H2,1-2H3. The number of hydrogen-bond donors (Lipinski definition) is 0. The molecule has 2 rings (SSSR count). The van der Waals surface area contributed by atoms with Crippen molar-refractivity contribution in [2.75, 3.05) is 20.3 Å². The minimum Gasteiger partial charge on any atom is -0.338 e. The van der Waals surface area contributed by atoms with Crippen molar-refractivity contribution >= 4 is 17.2 Å². The zero-order chi connectivity index (χ0) is 13.8. The Morgan fingerprint density at radius 3 is 2.95 bits per heavy atom. The van der Waals surface area contributed by atoms with Crippen molar-refractivity contribution in [3.8, 4) is 10.6 Å². The maximum Gasteiger partial charge on any atom is 0.265 e. The molecule has 0 aliphatic carbocycles. The fourth-order valence-electron chi connectivity index (χ4n) is 1.61. The van der Waals surface area contributed by atoms with Gasteiger partial charge in [-0.2, -0.15) is 0 Å². The number of amides is 1. The van der Waals surface area contributed by atoms with Crippen LogP contribution in [0.1, 0.15) is 15.4 Å². The van der Waals surface area contributed by atoms with Crippen LogP contribution in [0.15, 0.2) is 24.5 Å². The third-order valence-electron chi connectivity index (χ3n) is 2.67. The smallest absolute Gasteiger partial charge is 0.265 e. The molecule has 2 aromatic heterocycles. The Kier molecular flexibility index (Phi) is 4.21. The molecule has 0 N–H and O–H groups in total. The molecule has 0 saturated carbocycles. The van der Waals surface area contributed by atoms with Crippen LogP contribution in [0.3, 0.4) is 0 Å². The second-order valence-corrected chi connectivity index (χ2v) is 5.09. The molecule has 6 heteroatoms. The first-order chi connectivity index (χ1) is 9.13. The maximum atomic E-state index is 12.3. The van der Waals surface area contributed by atoms with Crippen LogP contribution in [0.4, 0.5) is 4.39 Å². The lowest BCUT2D eigenvalue weighted by Gasteiger charge is -2.13. The van der Waals surface area contributed by atoms with Crippen molar-refractivity contribution in [3.63, 3.8) is 0 Å². The summed E-state index contributed by atoms with van der Waals surface area (Å²) >= 11 is 1.31. The molecular weight excluding hydrogens is 265 g/mol. The normalized spacial score (nSPS) is 10.5. The molecule has 0 bridgehead atoms. The highest BCUT2D eigenvalue weighted by molar-refractivity contribution is 7.17. The Bertz CT molecular complexity index is 571. The lowest BCUT2D eigenvalue weighted by atomic mass is 10.3. The van der Waals surface area contributed by atoms with E-state index in [1.54, 1.807) is 26.4 Å². The van der Waals surface area contributed by atoms with Crippen LogP contribution < -0.4 is 0 Å². The van der Waals surface area contributed by atoms with Gasteiger partial charge in [-0.1, -0.05) is 0 Å². The number of pyridine rings is 1. The lowest BCUT2D eigenvalue weighted by Crippen LogP contribution is -2.28. The van der Waals surface area contributed by atoms with Gasteiger partial charge in [0.2, 0.25) is 0 Å². The Morgan fingerprint density at radius 2 is 2.32 bits per heavy atom. The summed E-state index contributed by atoms with van der Waals surface area (Å²) in [4.78, 5) is 22.4. The molecule has 0 fully saturated rings. The number of nitrogens with zero attached hydrogens (tertiary/aromatic N) is 3. The van der Waals surface area contributed by atoms with Crippen LogP contribution >= 0.6 is 11.3 Å². The van der Waals surface area contributed by atoms with Gasteiger partial charge in [0.15, 0.2) is 0 Å². The van der Waals surface area contributed by atoms with Crippen LogP contribution in [-0.2, 0) is 0 Å². The molecule has 100 valence electrons. The number of halogens is 1. The lowest BCUT2D eigenvalue weighted by molar-refractivity contribution is 0.0790. The second kappa shape index (κ2) is 5.88. The van der Waals surface area contributed by atoms with Gasteiger partial charge < -0.3 is 4.90 Å². The van der Waals surface area contributed by atoms with Crippen LogP contribution in [0, 0.1) is 6.92 Å². The van der Waals surface area contributed by atoms with E-state index in [0.29, 0.717) is 10.6 Å². The first kappa shape index (κ1) is 13.6. The first-order valence-electron chi connectivity index (χ1n) is 5.82. The highest BCUT2D eigenvalue weighted by Gasteiger charge is 2.19. The van der Waals surface area contributed by atoms with Crippen molar-refractivity contribution in [2.24, 2.45) is 0 Å². The Balaban J connectivity index is 2.29. The highest BCUT2D eigenvalue weighted by Crippen LogP contribution is 2.27. The number of carbonyl (C=O) groups excluding carboxylic acids is 1. The van der Waals surface area contributed by atoms with E-state index < -0.39 is 6.67 Å². The molecule has 0 aliphatic rings. The minimum atomic E-state index is -0.546. The molecule has 19 heavy (non-hydrogen) atoms. The average molecular weight is 279 g/mol. The molecule has 2 heterocycles. The van der Waals surface area contributed by atoms with Crippen LogP contribution in [0.25, 0.3) is 10.6 Å². The summed E-state index contributed by atoms with van der Waals surface area (Å²) in [5.74, 6) is -0.192. The van der Waals surface area contributed by atoms with E-state index in [-0.39, 0.29) is 12.5 Å². The van der Waals surface area contributed by atoms with Crippen molar-refractivity contribution in [1.82, 2.24) is 14.9 Å². The monoisotopic (exact) mass is 279 g/mol.